The van der Waals surface area contributed by atoms with Gasteiger partial charge in [0, 0.05) is 0 Å². The third-order valence-corrected chi connectivity index (χ3v) is 5.02. The molecule has 0 spiro atoms. The normalized spacial score (nSPS) is 14.2. The van der Waals surface area contributed by atoms with Gasteiger partial charge in [-0.2, -0.15) is 0 Å². The van der Waals surface area contributed by atoms with Crippen molar-refractivity contribution in [2.45, 2.75) is 12.5 Å². The second kappa shape index (κ2) is 7.98. The Morgan fingerprint density at radius 1 is 0.821 bits per heavy atom. The zero-order chi connectivity index (χ0) is 19.5. The molecule has 0 aliphatic carbocycles. The predicted molar refractivity (Wildman–Crippen MR) is 109 cm³/mol. The number of fused-ring (bicyclic) bond motifs is 1. The summed E-state index contributed by atoms with van der Waals surface area (Å²) in [6.45, 7) is 2.58. The molecule has 5 heteroatoms. The average Bonchev–Trinajstić information content (AvgIpc) is 3.10. The molecule has 1 radical (unpaired) electrons. The van der Waals surface area contributed by atoms with Crippen LogP contribution in [0.3, 0.4) is 0 Å². The van der Waals surface area contributed by atoms with Gasteiger partial charge < -0.3 is 15.1 Å². The number of para-hydroxylation sites is 2. The average molecular weight is 378 g/mol. The zero-order valence-electron chi connectivity index (χ0n) is 15.6. The predicted octanol–water partition coefficient (Wildman–Crippen LogP) is 5.39. The molecule has 1 heterocycles. The highest BCUT2D eigenvalue weighted by Gasteiger charge is 2.36. The lowest BCUT2D eigenvalue weighted by Gasteiger charge is -2.30. The van der Waals surface area contributed by atoms with E-state index < -0.39 is 0 Å². The summed E-state index contributed by atoms with van der Waals surface area (Å²) in [5.41, 5.74) is 2.59. The maximum Gasteiger partial charge on any atom is 0.148 e. The van der Waals surface area contributed by atoms with Crippen LogP contribution in [0, 0.1) is 18.3 Å². The summed E-state index contributed by atoms with van der Waals surface area (Å²) in [4.78, 5) is 3.65. The van der Waals surface area contributed by atoms with Gasteiger partial charge in [0.2, 0.25) is 0 Å². The maximum atomic E-state index is 14.9. The SMILES string of the molecule is CNCC[C@H](c1ccccc1)N1[CH]N(c2ccccc2F)c2cccc(F)c21. The van der Waals surface area contributed by atoms with Crippen molar-refractivity contribution < 1.29 is 8.78 Å². The van der Waals surface area contributed by atoms with Crippen molar-refractivity contribution in [3.8, 4) is 0 Å². The van der Waals surface area contributed by atoms with Crippen molar-refractivity contribution in [1.29, 1.82) is 0 Å². The van der Waals surface area contributed by atoms with E-state index in [1.54, 1.807) is 35.8 Å². The van der Waals surface area contributed by atoms with Gasteiger partial charge in [-0.1, -0.05) is 48.5 Å². The number of benzene rings is 3. The molecule has 1 N–H and O–H groups in total. The van der Waals surface area contributed by atoms with Crippen LogP contribution in [0.2, 0.25) is 0 Å². The van der Waals surface area contributed by atoms with Gasteiger partial charge in [-0.25, -0.2) is 8.78 Å². The van der Waals surface area contributed by atoms with Crippen LogP contribution >= 0.6 is 0 Å². The molecule has 1 aliphatic heterocycles. The fourth-order valence-corrected chi connectivity index (χ4v) is 3.70. The molecule has 0 amide bonds. The van der Waals surface area contributed by atoms with Crippen molar-refractivity contribution in [2.24, 2.45) is 0 Å². The fourth-order valence-electron chi connectivity index (χ4n) is 3.70. The first kappa shape index (κ1) is 18.4. The van der Waals surface area contributed by atoms with E-state index in [9.17, 15) is 8.78 Å². The van der Waals surface area contributed by atoms with Crippen LogP contribution in [0.25, 0.3) is 0 Å². The van der Waals surface area contributed by atoms with Crippen LogP contribution in [0.1, 0.15) is 18.0 Å². The van der Waals surface area contributed by atoms with E-state index in [0.29, 0.717) is 17.1 Å². The van der Waals surface area contributed by atoms with Gasteiger partial charge in [-0.05, 0) is 49.8 Å². The number of nitrogens with zero attached hydrogens (tertiary/aromatic N) is 2. The molecule has 3 nitrogen and oxygen atoms in total. The number of anilines is 3. The summed E-state index contributed by atoms with van der Waals surface area (Å²) in [7, 11) is 1.90. The number of nitrogens with one attached hydrogen (secondary N) is 1. The number of hydrogen-bond donors (Lipinski definition) is 1. The van der Waals surface area contributed by atoms with Gasteiger partial charge in [0.05, 0.1) is 23.1 Å². The lowest BCUT2D eigenvalue weighted by atomic mass is 10.0. The molecular formula is C23H22F2N3. The van der Waals surface area contributed by atoms with Crippen molar-refractivity contribution in [1.82, 2.24) is 5.32 Å². The van der Waals surface area contributed by atoms with Gasteiger partial charge in [0.25, 0.3) is 0 Å². The monoisotopic (exact) mass is 378 g/mol. The van der Waals surface area contributed by atoms with Crippen LogP contribution in [0.15, 0.2) is 72.8 Å². The Bertz CT molecular complexity index is 946. The Kier molecular flexibility index (Phi) is 5.26. The van der Waals surface area contributed by atoms with E-state index in [1.165, 1.54) is 12.1 Å². The van der Waals surface area contributed by atoms with Crippen molar-refractivity contribution in [3.05, 3.63) is 96.7 Å². The summed E-state index contributed by atoms with van der Waals surface area (Å²) in [5, 5.41) is 3.17. The standard InChI is InChI=1S/C23H22F2N3/c1-26-15-14-20(17-8-3-2-4-9-17)28-16-27(21-12-6-5-10-18(21)24)22-13-7-11-19(25)23(22)28/h2-13,16,20,26H,14-15H2,1H3/t20-/m1/s1. The Labute approximate surface area is 164 Å². The van der Waals surface area contributed by atoms with Crippen molar-refractivity contribution in [3.63, 3.8) is 0 Å². The van der Waals surface area contributed by atoms with Crippen LogP contribution in [-0.4, -0.2) is 13.6 Å². The number of hydrogen-bond acceptors (Lipinski definition) is 3. The maximum absolute atomic E-state index is 14.9. The highest BCUT2D eigenvalue weighted by molar-refractivity contribution is 5.85. The first-order valence-electron chi connectivity index (χ1n) is 9.36. The minimum atomic E-state index is -0.345. The Morgan fingerprint density at radius 2 is 1.50 bits per heavy atom. The molecule has 0 saturated carbocycles. The molecule has 4 rings (SSSR count). The molecule has 0 unspecified atom stereocenters. The van der Waals surface area contributed by atoms with Gasteiger partial charge in [-0.3, -0.25) is 0 Å². The molecular weight excluding hydrogens is 356 g/mol. The number of rotatable bonds is 6. The van der Waals surface area contributed by atoms with Crippen molar-refractivity contribution in [2.75, 3.05) is 23.4 Å². The van der Waals surface area contributed by atoms with Gasteiger partial charge in [0.1, 0.15) is 18.3 Å². The van der Waals surface area contributed by atoms with Gasteiger partial charge >= 0.3 is 0 Å². The Hall–Kier alpha value is -2.92. The van der Waals surface area contributed by atoms with Crippen LogP contribution in [0.5, 0.6) is 0 Å². The Morgan fingerprint density at radius 3 is 2.25 bits per heavy atom. The van der Waals surface area contributed by atoms with E-state index in [2.05, 4.69) is 5.32 Å². The molecule has 0 bridgehead atoms. The highest BCUT2D eigenvalue weighted by Crippen LogP contribution is 2.48. The van der Waals surface area contributed by atoms with Crippen LogP contribution in [-0.2, 0) is 0 Å². The van der Waals surface area contributed by atoms with E-state index in [0.717, 1.165) is 18.5 Å². The summed E-state index contributed by atoms with van der Waals surface area (Å²) in [6, 6.07) is 21.4. The molecule has 0 saturated heterocycles. The van der Waals surface area contributed by atoms with E-state index in [1.807, 2.05) is 48.3 Å². The zero-order valence-corrected chi connectivity index (χ0v) is 15.6. The Balaban J connectivity index is 1.80. The lowest BCUT2D eigenvalue weighted by Crippen LogP contribution is -2.30. The molecule has 3 aromatic rings. The summed E-state index contributed by atoms with van der Waals surface area (Å²) >= 11 is 0. The van der Waals surface area contributed by atoms with E-state index in [-0.39, 0.29) is 17.7 Å². The topological polar surface area (TPSA) is 18.5 Å². The molecule has 3 aromatic carbocycles. The van der Waals surface area contributed by atoms with Crippen LogP contribution in [0.4, 0.5) is 25.8 Å². The summed E-state index contributed by atoms with van der Waals surface area (Å²) < 4.78 is 29.4. The molecule has 0 aromatic heterocycles. The molecule has 1 aliphatic rings. The second-order valence-corrected chi connectivity index (χ2v) is 6.77. The summed E-state index contributed by atoms with van der Waals surface area (Å²) in [6.07, 6.45) is 0.774. The first-order chi connectivity index (χ1) is 13.7. The third kappa shape index (κ3) is 3.34. The molecule has 1 atom stereocenters. The number of halogens is 2. The second-order valence-electron chi connectivity index (χ2n) is 6.77. The fraction of sp³-hybridized carbons (Fsp3) is 0.174. The van der Waals surface area contributed by atoms with E-state index >= 15 is 0 Å². The van der Waals surface area contributed by atoms with E-state index in [4.69, 9.17) is 0 Å². The minimum absolute atomic E-state index is 0.0823. The molecule has 143 valence electrons. The largest absolute Gasteiger partial charge is 0.336 e. The third-order valence-electron chi connectivity index (χ3n) is 5.02. The smallest absolute Gasteiger partial charge is 0.148 e. The quantitative estimate of drug-likeness (QED) is 0.620. The van der Waals surface area contributed by atoms with Gasteiger partial charge in [-0.15, -0.1) is 0 Å². The van der Waals surface area contributed by atoms with Gasteiger partial charge in [0.15, 0.2) is 0 Å². The lowest BCUT2D eigenvalue weighted by molar-refractivity contribution is 0.570. The van der Waals surface area contributed by atoms with Crippen LogP contribution < -0.4 is 15.1 Å². The molecule has 0 fully saturated rings. The minimum Gasteiger partial charge on any atom is -0.336 e. The highest BCUT2D eigenvalue weighted by atomic mass is 19.1. The molecule has 28 heavy (non-hydrogen) atoms. The first-order valence-corrected chi connectivity index (χ1v) is 9.36. The summed E-state index contributed by atoms with van der Waals surface area (Å²) in [5.74, 6) is -0.666. The van der Waals surface area contributed by atoms with Crippen molar-refractivity contribution >= 4 is 17.1 Å².